The Kier molecular flexibility index (Phi) is 4.81. The van der Waals surface area contributed by atoms with Gasteiger partial charge in [-0.1, -0.05) is 28.1 Å². The van der Waals surface area contributed by atoms with Crippen molar-refractivity contribution >= 4 is 21.9 Å². The van der Waals surface area contributed by atoms with Crippen LogP contribution in [0.25, 0.3) is 0 Å². The van der Waals surface area contributed by atoms with E-state index in [1.807, 2.05) is 0 Å². The maximum Gasteiger partial charge on any atom is 0.380 e. The number of hydrogen-bond donors (Lipinski definition) is 1. The fourth-order valence-electron chi connectivity index (χ4n) is 1.39. The molecular formula is C12H13BrF2O3. The van der Waals surface area contributed by atoms with E-state index in [2.05, 4.69) is 20.7 Å². The monoisotopic (exact) mass is 322 g/mol. The Bertz CT molecular complexity index is 449. The molecule has 0 saturated heterocycles. The third-order valence-electron chi connectivity index (χ3n) is 2.39. The summed E-state index contributed by atoms with van der Waals surface area (Å²) >= 11 is 3.22. The number of alkyl halides is 2. The van der Waals surface area contributed by atoms with Crippen molar-refractivity contribution in [3.63, 3.8) is 0 Å². The van der Waals surface area contributed by atoms with Crippen LogP contribution in [0.2, 0.25) is 0 Å². The first kappa shape index (κ1) is 15.0. The van der Waals surface area contributed by atoms with Gasteiger partial charge in [0.05, 0.1) is 6.61 Å². The average Bonchev–Trinajstić information content (AvgIpc) is 2.32. The van der Waals surface area contributed by atoms with Gasteiger partial charge in [0.25, 0.3) is 0 Å². The number of aryl methyl sites for hydroxylation is 1. The van der Waals surface area contributed by atoms with Crippen LogP contribution in [0.1, 0.15) is 24.2 Å². The molecule has 0 heterocycles. The summed E-state index contributed by atoms with van der Waals surface area (Å²) in [5, 5.41) is 9.59. The van der Waals surface area contributed by atoms with Crippen molar-refractivity contribution in [1.29, 1.82) is 0 Å². The minimum Gasteiger partial charge on any atom is -0.461 e. The van der Waals surface area contributed by atoms with Crippen molar-refractivity contribution in [3.8, 4) is 0 Å². The third kappa shape index (κ3) is 3.05. The minimum atomic E-state index is -3.96. The minimum absolute atomic E-state index is 0.0336. The van der Waals surface area contributed by atoms with E-state index < -0.39 is 18.0 Å². The van der Waals surface area contributed by atoms with Gasteiger partial charge in [0, 0.05) is 4.47 Å². The first-order valence-electron chi connectivity index (χ1n) is 5.29. The average molecular weight is 323 g/mol. The number of rotatable bonds is 4. The van der Waals surface area contributed by atoms with E-state index in [1.54, 1.807) is 6.92 Å². The summed E-state index contributed by atoms with van der Waals surface area (Å²) in [4.78, 5) is 11.1. The zero-order chi connectivity index (χ0) is 13.9. The molecule has 100 valence electrons. The van der Waals surface area contributed by atoms with Gasteiger partial charge < -0.3 is 9.84 Å². The summed E-state index contributed by atoms with van der Waals surface area (Å²) in [7, 11) is 0. The summed E-state index contributed by atoms with van der Waals surface area (Å²) in [6, 6.07) is 4.26. The summed E-state index contributed by atoms with van der Waals surface area (Å²) < 4.78 is 32.1. The van der Waals surface area contributed by atoms with Crippen LogP contribution in [-0.4, -0.2) is 23.6 Å². The second-order valence-corrected chi connectivity index (χ2v) is 4.61. The predicted molar refractivity (Wildman–Crippen MR) is 65.4 cm³/mol. The highest BCUT2D eigenvalue weighted by molar-refractivity contribution is 9.10. The molecule has 0 aliphatic heterocycles. The van der Waals surface area contributed by atoms with E-state index in [9.17, 15) is 18.7 Å². The Morgan fingerprint density at radius 3 is 2.67 bits per heavy atom. The van der Waals surface area contributed by atoms with Crippen LogP contribution in [0.5, 0.6) is 0 Å². The van der Waals surface area contributed by atoms with Crippen LogP contribution in [0.15, 0.2) is 22.7 Å². The molecule has 0 bridgehead atoms. The molecule has 0 aliphatic carbocycles. The fraction of sp³-hybridized carbons (Fsp3) is 0.417. The first-order valence-corrected chi connectivity index (χ1v) is 6.09. The summed E-state index contributed by atoms with van der Waals surface area (Å²) in [6.07, 6.45) is -2.22. The summed E-state index contributed by atoms with van der Waals surface area (Å²) in [5.74, 6) is -5.69. The smallest absolute Gasteiger partial charge is 0.380 e. The molecule has 0 aliphatic rings. The highest BCUT2D eigenvalue weighted by Crippen LogP contribution is 2.33. The lowest BCUT2D eigenvalue weighted by molar-refractivity contribution is -0.189. The van der Waals surface area contributed by atoms with Crippen LogP contribution >= 0.6 is 15.9 Å². The Morgan fingerprint density at radius 2 is 2.17 bits per heavy atom. The number of aliphatic hydroxyl groups is 1. The first-order chi connectivity index (χ1) is 8.30. The maximum atomic E-state index is 13.6. The van der Waals surface area contributed by atoms with Gasteiger partial charge in [-0.05, 0) is 31.0 Å². The molecule has 0 spiro atoms. The topological polar surface area (TPSA) is 46.5 Å². The van der Waals surface area contributed by atoms with E-state index >= 15 is 0 Å². The van der Waals surface area contributed by atoms with Crippen LogP contribution in [0.3, 0.4) is 0 Å². The molecule has 0 radical (unpaired) electrons. The fourth-order valence-corrected chi connectivity index (χ4v) is 1.63. The van der Waals surface area contributed by atoms with E-state index in [-0.39, 0.29) is 12.2 Å². The number of esters is 1. The van der Waals surface area contributed by atoms with Gasteiger partial charge in [-0.25, -0.2) is 4.79 Å². The van der Waals surface area contributed by atoms with Gasteiger partial charge in [0.1, 0.15) is 0 Å². The lowest BCUT2D eigenvalue weighted by atomic mass is 10.0. The molecule has 1 aromatic rings. The molecule has 18 heavy (non-hydrogen) atoms. The summed E-state index contributed by atoms with van der Waals surface area (Å²) in [6.45, 7) is 2.95. The van der Waals surface area contributed by atoms with Crippen molar-refractivity contribution in [1.82, 2.24) is 0 Å². The van der Waals surface area contributed by atoms with E-state index in [0.29, 0.717) is 5.56 Å². The number of ether oxygens (including phenoxy) is 1. The molecule has 1 aromatic carbocycles. The van der Waals surface area contributed by atoms with E-state index in [1.165, 1.54) is 25.1 Å². The van der Waals surface area contributed by atoms with E-state index in [4.69, 9.17) is 0 Å². The molecule has 1 unspecified atom stereocenters. The number of hydrogen-bond acceptors (Lipinski definition) is 3. The molecule has 0 amide bonds. The van der Waals surface area contributed by atoms with Crippen LogP contribution in [0.4, 0.5) is 8.78 Å². The number of aliphatic hydroxyl groups excluding tert-OH is 1. The van der Waals surface area contributed by atoms with Gasteiger partial charge >= 0.3 is 11.9 Å². The Morgan fingerprint density at radius 1 is 1.56 bits per heavy atom. The van der Waals surface area contributed by atoms with Gasteiger partial charge in [-0.15, -0.1) is 0 Å². The van der Waals surface area contributed by atoms with Crippen molar-refractivity contribution in [2.45, 2.75) is 25.9 Å². The molecule has 3 nitrogen and oxygen atoms in total. The maximum absolute atomic E-state index is 13.6. The van der Waals surface area contributed by atoms with Crippen LogP contribution < -0.4 is 0 Å². The molecule has 1 rings (SSSR count). The van der Waals surface area contributed by atoms with Crippen LogP contribution in [-0.2, 0) is 9.53 Å². The van der Waals surface area contributed by atoms with Gasteiger partial charge in [-0.2, -0.15) is 8.78 Å². The Hall–Kier alpha value is -1.01. The SMILES string of the molecule is CCOC(=O)C(F)(F)C(O)c1ccc(Br)c(C)c1. The number of carbonyl (C=O) groups is 1. The van der Waals surface area contributed by atoms with Gasteiger partial charge in [0.15, 0.2) is 6.10 Å². The van der Waals surface area contributed by atoms with Crippen molar-refractivity contribution in [2.24, 2.45) is 0 Å². The normalized spacial score (nSPS) is 13.2. The molecule has 0 saturated carbocycles. The summed E-state index contributed by atoms with van der Waals surface area (Å²) in [5.41, 5.74) is 0.653. The number of carbonyl (C=O) groups excluding carboxylic acids is 1. The largest absolute Gasteiger partial charge is 0.461 e. The highest BCUT2D eigenvalue weighted by Gasteiger charge is 2.49. The van der Waals surface area contributed by atoms with E-state index in [0.717, 1.165) is 4.47 Å². The second-order valence-electron chi connectivity index (χ2n) is 3.75. The quantitative estimate of drug-likeness (QED) is 0.867. The zero-order valence-corrected chi connectivity index (χ0v) is 11.5. The lowest BCUT2D eigenvalue weighted by Crippen LogP contribution is -2.37. The third-order valence-corrected chi connectivity index (χ3v) is 3.28. The molecule has 0 aromatic heterocycles. The van der Waals surface area contributed by atoms with Crippen molar-refractivity contribution < 1.29 is 23.4 Å². The molecule has 0 fully saturated rings. The molecule has 1 atom stereocenters. The number of halogens is 3. The predicted octanol–water partition coefficient (Wildman–Crippen LogP) is 2.99. The standard InChI is InChI=1S/C12H13BrF2O3/c1-3-18-11(17)12(14,15)10(16)8-4-5-9(13)7(2)6-8/h4-6,10,16H,3H2,1-2H3. The molecular weight excluding hydrogens is 310 g/mol. The molecule has 1 N–H and O–H groups in total. The Balaban J connectivity index is 3.01. The zero-order valence-electron chi connectivity index (χ0n) is 9.91. The molecule has 6 heteroatoms. The van der Waals surface area contributed by atoms with Gasteiger partial charge in [-0.3, -0.25) is 0 Å². The second kappa shape index (κ2) is 5.75. The lowest BCUT2D eigenvalue weighted by Gasteiger charge is -2.21. The van der Waals surface area contributed by atoms with Crippen LogP contribution in [0, 0.1) is 6.92 Å². The van der Waals surface area contributed by atoms with Gasteiger partial charge in [0.2, 0.25) is 0 Å². The highest BCUT2D eigenvalue weighted by atomic mass is 79.9. The number of benzene rings is 1. The Labute approximate surface area is 112 Å². The van der Waals surface area contributed by atoms with Crippen molar-refractivity contribution in [2.75, 3.05) is 6.61 Å². The van der Waals surface area contributed by atoms with Crippen molar-refractivity contribution in [3.05, 3.63) is 33.8 Å².